The van der Waals surface area contributed by atoms with Crippen LogP contribution in [0.5, 0.6) is 0 Å². The van der Waals surface area contributed by atoms with Crippen LogP contribution in [0.15, 0.2) is 14.7 Å². The van der Waals surface area contributed by atoms with Gasteiger partial charge in [0, 0.05) is 36.6 Å². The van der Waals surface area contributed by atoms with Gasteiger partial charge < -0.3 is 5.11 Å². The standard InChI is InChI=1S/C13H21BrN2O3S2/c1-13(2,3)15-4-6-16(7-5-15)21(18,19)11-8-10(9-17)20-12(11)14/h8,17H,4-7,9H2,1-3H3. The van der Waals surface area contributed by atoms with Crippen molar-refractivity contribution in [2.24, 2.45) is 0 Å². The van der Waals surface area contributed by atoms with Crippen molar-refractivity contribution in [1.82, 2.24) is 9.21 Å². The summed E-state index contributed by atoms with van der Waals surface area (Å²) >= 11 is 4.56. The molecule has 0 spiro atoms. The Bertz CT molecular complexity index is 599. The van der Waals surface area contributed by atoms with E-state index in [0.717, 1.165) is 13.1 Å². The number of rotatable bonds is 3. The molecule has 0 bridgehead atoms. The lowest BCUT2D eigenvalue weighted by Gasteiger charge is -2.41. The molecule has 0 unspecified atom stereocenters. The number of halogens is 1. The fourth-order valence-electron chi connectivity index (χ4n) is 2.39. The summed E-state index contributed by atoms with van der Waals surface area (Å²) in [5.41, 5.74) is 0.0584. The highest BCUT2D eigenvalue weighted by Crippen LogP contribution is 2.34. The van der Waals surface area contributed by atoms with E-state index in [0.29, 0.717) is 21.8 Å². The molecular formula is C13H21BrN2O3S2. The van der Waals surface area contributed by atoms with Crippen molar-refractivity contribution >= 4 is 37.3 Å². The molecule has 1 N–H and O–H groups in total. The number of hydrogen-bond acceptors (Lipinski definition) is 5. The summed E-state index contributed by atoms with van der Waals surface area (Å²) < 4.78 is 27.5. The quantitative estimate of drug-likeness (QED) is 0.849. The second-order valence-electron chi connectivity index (χ2n) is 6.07. The molecule has 0 amide bonds. The number of sulfonamides is 1. The largest absolute Gasteiger partial charge is 0.391 e. The fraction of sp³-hybridized carbons (Fsp3) is 0.692. The summed E-state index contributed by atoms with van der Waals surface area (Å²) in [7, 11) is -3.49. The van der Waals surface area contributed by atoms with Gasteiger partial charge in [-0.25, -0.2) is 8.42 Å². The maximum atomic E-state index is 12.7. The van der Waals surface area contributed by atoms with Gasteiger partial charge in [-0.1, -0.05) is 0 Å². The van der Waals surface area contributed by atoms with Crippen LogP contribution in [0.2, 0.25) is 0 Å². The smallest absolute Gasteiger partial charge is 0.245 e. The van der Waals surface area contributed by atoms with E-state index in [2.05, 4.69) is 41.6 Å². The molecule has 1 saturated heterocycles. The molecule has 5 nitrogen and oxygen atoms in total. The number of nitrogens with zero attached hydrogens (tertiary/aromatic N) is 2. The second-order valence-corrected chi connectivity index (χ2v) is 10.4. The molecule has 1 fully saturated rings. The fourth-order valence-corrected chi connectivity index (χ4v) is 6.30. The predicted octanol–water partition coefficient (Wildman–Crippen LogP) is 2.11. The van der Waals surface area contributed by atoms with Crippen molar-refractivity contribution in [3.8, 4) is 0 Å². The highest BCUT2D eigenvalue weighted by atomic mass is 79.9. The normalized spacial score (nSPS) is 19.1. The van der Waals surface area contributed by atoms with E-state index in [4.69, 9.17) is 5.11 Å². The summed E-state index contributed by atoms with van der Waals surface area (Å²) in [6.45, 7) is 8.73. The minimum atomic E-state index is -3.49. The summed E-state index contributed by atoms with van der Waals surface area (Å²) in [5, 5.41) is 9.15. The molecule has 8 heteroatoms. The number of piperazine rings is 1. The Kier molecular flexibility index (Phi) is 5.17. The maximum absolute atomic E-state index is 12.7. The molecule has 2 rings (SSSR count). The highest BCUT2D eigenvalue weighted by molar-refractivity contribution is 9.11. The molecule has 1 aliphatic rings. The molecule has 1 aromatic rings. The molecule has 0 atom stereocenters. The van der Waals surface area contributed by atoms with E-state index in [1.165, 1.54) is 15.6 Å². The first-order valence-electron chi connectivity index (χ1n) is 6.80. The van der Waals surface area contributed by atoms with Crippen LogP contribution in [0.3, 0.4) is 0 Å². The van der Waals surface area contributed by atoms with Gasteiger partial charge in [-0.15, -0.1) is 11.3 Å². The number of aliphatic hydroxyl groups is 1. The first-order chi connectivity index (χ1) is 9.66. The summed E-state index contributed by atoms with van der Waals surface area (Å²) in [5.74, 6) is 0. The Morgan fingerprint density at radius 1 is 1.29 bits per heavy atom. The Labute approximate surface area is 138 Å². The minimum absolute atomic E-state index is 0.0584. The molecule has 21 heavy (non-hydrogen) atoms. The van der Waals surface area contributed by atoms with Gasteiger partial charge in [0.2, 0.25) is 10.0 Å². The third kappa shape index (κ3) is 3.68. The number of hydrogen-bond donors (Lipinski definition) is 1. The van der Waals surface area contributed by atoms with Gasteiger partial charge in [0.1, 0.15) is 4.90 Å². The lowest BCUT2D eigenvalue weighted by molar-refractivity contribution is 0.0922. The predicted molar refractivity (Wildman–Crippen MR) is 88.0 cm³/mol. The van der Waals surface area contributed by atoms with Crippen LogP contribution in [0.4, 0.5) is 0 Å². The minimum Gasteiger partial charge on any atom is -0.391 e. The highest BCUT2D eigenvalue weighted by Gasteiger charge is 2.33. The van der Waals surface area contributed by atoms with Crippen molar-refractivity contribution in [2.75, 3.05) is 26.2 Å². The monoisotopic (exact) mass is 396 g/mol. The first kappa shape index (κ1) is 17.4. The molecule has 1 aliphatic heterocycles. The van der Waals surface area contributed by atoms with Crippen LogP contribution >= 0.6 is 27.3 Å². The lowest BCUT2D eigenvalue weighted by atomic mass is 10.1. The molecule has 0 radical (unpaired) electrons. The van der Waals surface area contributed by atoms with Crippen molar-refractivity contribution in [2.45, 2.75) is 37.8 Å². The molecule has 0 saturated carbocycles. The molecule has 120 valence electrons. The van der Waals surface area contributed by atoms with Crippen LogP contribution in [0.25, 0.3) is 0 Å². The van der Waals surface area contributed by atoms with Gasteiger partial charge >= 0.3 is 0 Å². The van der Waals surface area contributed by atoms with Gasteiger partial charge in [0.15, 0.2) is 0 Å². The molecular weight excluding hydrogens is 376 g/mol. The van der Waals surface area contributed by atoms with Gasteiger partial charge in [0.05, 0.1) is 10.4 Å². The van der Waals surface area contributed by atoms with Crippen LogP contribution < -0.4 is 0 Å². The Hall–Kier alpha value is 0.01000. The Balaban J connectivity index is 2.17. The summed E-state index contributed by atoms with van der Waals surface area (Å²) in [6, 6.07) is 1.56. The van der Waals surface area contributed by atoms with Crippen molar-refractivity contribution in [3.63, 3.8) is 0 Å². The third-order valence-electron chi connectivity index (χ3n) is 3.67. The van der Waals surface area contributed by atoms with Gasteiger partial charge in [-0.3, -0.25) is 4.90 Å². The van der Waals surface area contributed by atoms with E-state index in [9.17, 15) is 8.42 Å². The van der Waals surface area contributed by atoms with E-state index < -0.39 is 10.0 Å². The Morgan fingerprint density at radius 2 is 1.86 bits per heavy atom. The van der Waals surface area contributed by atoms with Crippen LogP contribution in [-0.4, -0.2) is 54.4 Å². The zero-order chi connectivity index (χ0) is 15.8. The zero-order valence-electron chi connectivity index (χ0n) is 12.5. The van der Waals surface area contributed by atoms with Gasteiger partial charge in [-0.05, 0) is 42.8 Å². The summed E-state index contributed by atoms with van der Waals surface area (Å²) in [6.07, 6.45) is 0. The van der Waals surface area contributed by atoms with Crippen LogP contribution in [0.1, 0.15) is 25.6 Å². The van der Waals surface area contributed by atoms with Crippen molar-refractivity contribution in [3.05, 3.63) is 14.7 Å². The third-order valence-corrected chi connectivity index (χ3v) is 7.80. The van der Waals surface area contributed by atoms with Crippen molar-refractivity contribution < 1.29 is 13.5 Å². The van der Waals surface area contributed by atoms with Crippen LogP contribution in [-0.2, 0) is 16.6 Å². The van der Waals surface area contributed by atoms with E-state index in [-0.39, 0.29) is 17.0 Å². The van der Waals surface area contributed by atoms with E-state index >= 15 is 0 Å². The second kappa shape index (κ2) is 6.25. The number of thiophene rings is 1. The molecule has 2 heterocycles. The molecule has 0 aliphatic carbocycles. The summed E-state index contributed by atoms with van der Waals surface area (Å²) in [4.78, 5) is 3.20. The molecule has 1 aromatic heterocycles. The maximum Gasteiger partial charge on any atom is 0.245 e. The van der Waals surface area contributed by atoms with E-state index in [1.54, 1.807) is 6.07 Å². The first-order valence-corrected chi connectivity index (χ1v) is 9.85. The zero-order valence-corrected chi connectivity index (χ0v) is 15.7. The van der Waals surface area contributed by atoms with E-state index in [1.807, 2.05) is 0 Å². The van der Waals surface area contributed by atoms with Gasteiger partial charge in [0.25, 0.3) is 0 Å². The lowest BCUT2D eigenvalue weighted by Crippen LogP contribution is -2.54. The Morgan fingerprint density at radius 3 is 2.29 bits per heavy atom. The SMILES string of the molecule is CC(C)(C)N1CCN(S(=O)(=O)c2cc(CO)sc2Br)CC1. The molecule has 0 aromatic carbocycles. The topological polar surface area (TPSA) is 60.9 Å². The van der Waals surface area contributed by atoms with Gasteiger partial charge in [-0.2, -0.15) is 4.31 Å². The number of aliphatic hydroxyl groups excluding tert-OH is 1. The van der Waals surface area contributed by atoms with Crippen LogP contribution in [0, 0.1) is 0 Å². The average molecular weight is 397 g/mol. The van der Waals surface area contributed by atoms with Crippen molar-refractivity contribution in [1.29, 1.82) is 0 Å². The average Bonchev–Trinajstić information content (AvgIpc) is 2.80.